The van der Waals surface area contributed by atoms with Gasteiger partial charge in [-0.25, -0.2) is 0 Å². The second kappa shape index (κ2) is 7.89. The molecule has 0 fully saturated rings. The first-order valence-corrected chi connectivity index (χ1v) is 8.74. The molecule has 0 aliphatic carbocycles. The van der Waals surface area contributed by atoms with Gasteiger partial charge in [0.05, 0.1) is 11.7 Å². The van der Waals surface area contributed by atoms with Crippen molar-refractivity contribution in [3.05, 3.63) is 71.8 Å². The summed E-state index contributed by atoms with van der Waals surface area (Å²) in [6, 6.07) is 18.1. The van der Waals surface area contributed by atoms with Gasteiger partial charge in [0.2, 0.25) is 0 Å². The van der Waals surface area contributed by atoms with Gasteiger partial charge in [-0.15, -0.1) is 0 Å². The summed E-state index contributed by atoms with van der Waals surface area (Å²) >= 11 is 0. The molecule has 122 valence electrons. The molecule has 5 nitrogen and oxygen atoms in total. The van der Waals surface area contributed by atoms with Crippen molar-refractivity contribution in [3.63, 3.8) is 0 Å². The Balaban J connectivity index is 2.04. The third-order valence-electron chi connectivity index (χ3n) is 3.29. The van der Waals surface area contributed by atoms with E-state index in [9.17, 15) is 13.2 Å². The molecule has 0 heterocycles. The smallest absolute Gasteiger partial charge is 0.310 e. The Hall–Kier alpha value is -2.18. The van der Waals surface area contributed by atoms with E-state index in [-0.39, 0.29) is 13.0 Å². The molecule has 1 N–H and O–H groups in total. The van der Waals surface area contributed by atoms with E-state index in [2.05, 4.69) is 0 Å². The maximum Gasteiger partial charge on any atom is 0.310 e. The van der Waals surface area contributed by atoms with E-state index < -0.39 is 27.8 Å². The number of esters is 1. The van der Waals surface area contributed by atoms with E-state index >= 15 is 0 Å². The van der Waals surface area contributed by atoms with Crippen molar-refractivity contribution in [2.45, 2.75) is 13.0 Å². The van der Waals surface area contributed by atoms with Crippen molar-refractivity contribution < 1.29 is 22.5 Å². The van der Waals surface area contributed by atoms with Crippen LogP contribution in [0.4, 0.5) is 0 Å². The Labute approximate surface area is 135 Å². The van der Waals surface area contributed by atoms with Crippen LogP contribution in [0.1, 0.15) is 11.1 Å². The third-order valence-corrected chi connectivity index (χ3v) is 4.12. The summed E-state index contributed by atoms with van der Waals surface area (Å²) in [5.41, 5.74) is 1.61. The zero-order chi connectivity index (χ0) is 16.7. The van der Waals surface area contributed by atoms with Crippen LogP contribution in [0.2, 0.25) is 0 Å². The van der Waals surface area contributed by atoms with Crippen LogP contribution in [0.3, 0.4) is 0 Å². The fraction of sp³-hybridized carbons (Fsp3) is 0.235. The molecule has 0 saturated heterocycles. The van der Waals surface area contributed by atoms with E-state index in [0.717, 1.165) is 11.1 Å². The van der Waals surface area contributed by atoms with E-state index in [0.29, 0.717) is 0 Å². The Morgan fingerprint density at radius 3 is 2.00 bits per heavy atom. The zero-order valence-corrected chi connectivity index (χ0v) is 13.3. The van der Waals surface area contributed by atoms with Crippen LogP contribution in [-0.4, -0.2) is 24.7 Å². The van der Waals surface area contributed by atoms with E-state index in [4.69, 9.17) is 9.29 Å². The SMILES string of the molecule is O=C(OCc1ccccc1)C(Cc1ccccc1)CS(=O)(=O)O. The first-order valence-electron chi connectivity index (χ1n) is 7.14. The molecule has 0 saturated carbocycles. The summed E-state index contributed by atoms with van der Waals surface area (Å²) in [5, 5.41) is 0. The van der Waals surface area contributed by atoms with E-state index in [1.165, 1.54) is 0 Å². The lowest BCUT2D eigenvalue weighted by Gasteiger charge is -2.15. The number of benzene rings is 2. The monoisotopic (exact) mass is 334 g/mol. The highest BCUT2D eigenvalue weighted by Gasteiger charge is 2.26. The van der Waals surface area contributed by atoms with Crippen LogP contribution in [0, 0.1) is 5.92 Å². The molecule has 2 rings (SSSR count). The van der Waals surface area contributed by atoms with Gasteiger partial charge < -0.3 is 4.74 Å². The number of carbonyl (C=O) groups is 1. The van der Waals surface area contributed by atoms with Gasteiger partial charge in [-0.05, 0) is 17.5 Å². The van der Waals surface area contributed by atoms with Crippen molar-refractivity contribution in [2.75, 3.05) is 5.75 Å². The highest BCUT2D eigenvalue weighted by molar-refractivity contribution is 7.85. The summed E-state index contributed by atoms with van der Waals surface area (Å²) < 4.78 is 36.6. The Kier molecular flexibility index (Phi) is 5.90. The van der Waals surface area contributed by atoms with Crippen LogP contribution in [0.5, 0.6) is 0 Å². The Bertz CT molecular complexity index is 726. The molecule has 2 aromatic carbocycles. The molecule has 23 heavy (non-hydrogen) atoms. The van der Waals surface area contributed by atoms with Gasteiger partial charge in [0, 0.05) is 0 Å². The van der Waals surface area contributed by atoms with Gasteiger partial charge in [-0.1, -0.05) is 60.7 Å². The van der Waals surface area contributed by atoms with Crippen LogP contribution in [-0.2, 0) is 32.7 Å². The maximum absolute atomic E-state index is 12.2. The predicted molar refractivity (Wildman–Crippen MR) is 86.3 cm³/mol. The highest BCUT2D eigenvalue weighted by Crippen LogP contribution is 2.14. The van der Waals surface area contributed by atoms with Gasteiger partial charge in [-0.3, -0.25) is 9.35 Å². The van der Waals surface area contributed by atoms with Crippen molar-refractivity contribution >= 4 is 16.1 Å². The Morgan fingerprint density at radius 1 is 0.957 bits per heavy atom. The van der Waals surface area contributed by atoms with Gasteiger partial charge in [0.1, 0.15) is 6.61 Å². The van der Waals surface area contributed by atoms with Crippen LogP contribution in [0.25, 0.3) is 0 Å². The molecule has 0 radical (unpaired) electrons. The summed E-state index contributed by atoms with van der Waals surface area (Å²) in [5.74, 6) is -2.25. The molecule has 0 aliphatic heterocycles. The van der Waals surface area contributed by atoms with E-state index in [1.807, 2.05) is 36.4 Å². The normalized spacial score (nSPS) is 12.6. The number of hydrogen-bond acceptors (Lipinski definition) is 4. The summed E-state index contributed by atoms with van der Waals surface area (Å²) in [7, 11) is -4.27. The molecule has 1 atom stereocenters. The second-order valence-electron chi connectivity index (χ2n) is 5.23. The van der Waals surface area contributed by atoms with Gasteiger partial charge in [0.25, 0.3) is 10.1 Å². The first kappa shape index (κ1) is 17.2. The topological polar surface area (TPSA) is 80.7 Å². The van der Waals surface area contributed by atoms with Crippen molar-refractivity contribution in [3.8, 4) is 0 Å². The van der Waals surface area contributed by atoms with Crippen molar-refractivity contribution in [1.82, 2.24) is 0 Å². The molecule has 0 aromatic heterocycles. The van der Waals surface area contributed by atoms with Gasteiger partial charge in [0.15, 0.2) is 0 Å². The average molecular weight is 334 g/mol. The lowest BCUT2D eigenvalue weighted by atomic mass is 10.0. The minimum absolute atomic E-state index is 0.0659. The van der Waals surface area contributed by atoms with Crippen molar-refractivity contribution in [2.24, 2.45) is 5.92 Å². The number of ether oxygens (including phenoxy) is 1. The minimum atomic E-state index is -4.27. The molecule has 2 aromatic rings. The minimum Gasteiger partial charge on any atom is -0.461 e. The molecule has 6 heteroatoms. The largest absolute Gasteiger partial charge is 0.461 e. The van der Waals surface area contributed by atoms with Gasteiger partial charge >= 0.3 is 5.97 Å². The average Bonchev–Trinajstić information content (AvgIpc) is 2.53. The van der Waals surface area contributed by atoms with Crippen LogP contribution < -0.4 is 0 Å². The highest BCUT2D eigenvalue weighted by atomic mass is 32.2. The summed E-state index contributed by atoms with van der Waals surface area (Å²) in [4.78, 5) is 12.2. The molecule has 0 amide bonds. The first-order chi connectivity index (χ1) is 10.9. The molecule has 0 spiro atoms. The van der Waals surface area contributed by atoms with E-state index in [1.54, 1.807) is 24.3 Å². The predicted octanol–water partition coefficient (Wildman–Crippen LogP) is 2.48. The van der Waals surface area contributed by atoms with Gasteiger partial charge in [-0.2, -0.15) is 8.42 Å². The van der Waals surface area contributed by atoms with Crippen LogP contribution in [0.15, 0.2) is 60.7 Å². The third kappa shape index (κ3) is 6.22. The van der Waals surface area contributed by atoms with Crippen LogP contribution >= 0.6 is 0 Å². The molecule has 0 aliphatic rings. The molecular weight excluding hydrogens is 316 g/mol. The number of rotatable bonds is 7. The maximum atomic E-state index is 12.2. The zero-order valence-electron chi connectivity index (χ0n) is 12.5. The second-order valence-corrected chi connectivity index (χ2v) is 6.73. The summed E-state index contributed by atoms with van der Waals surface area (Å²) in [6.07, 6.45) is 0.189. The lowest BCUT2D eigenvalue weighted by molar-refractivity contribution is -0.149. The molecule has 1 unspecified atom stereocenters. The molecule has 0 bridgehead atoms. The van der Waals surface area contributed by atoms with Crippen molar-refractivity contribution in [1.29, 1.82) is 0 Å². The Morgan fingerprint density at radius 2 is 1.48 bits per heavy atom. The lowest BCUT2D eigenvalue weighted by Crippen LogP contribution is -2.27. The quantitative estimate of drug-likeness (QED) is 0.621. The standard InChI is InChI=1S/C17H18O5S/c18-17(22-12-15-9-5-2-6-10-15)16(13-23(19,20)21)11-14-7-3-1-4-8-14/h1-10,16H,11-13H2,(H,19,20,21). The number of hydrogen-bond donors (Lipinski definition) is 1. The number of carbonyl (C=O) groups excluding carboxylic acids is 1. The fourth-order valence-electron chi connectivity index (χ4n) is 2.21. The fourth-order valence-corrected chi connectivity index (χ4v) is 2.97. The summed E-state index contributed by atoms with van der Waals surface area (Å²) in [6.45, 7) is 0.0659. The molecular formula is C17H18O5S.